The lowest BCUT2D eigenvalue weighted by Crippen LogP contribution is -2.13. The Balaban J connectivity index is 1.98. The zero-order chi connectivity index (χ0) is 19.9. The van der Waals surface area contributed by atoms with Crippen LogP contribution < -0.4 is 19.5 Å². The van der Waals surface area contributed by atoms with Gasteiger partial charge in [-0.3, -0.25) is 9.78 Å². The van der Waals surface area contributed by atoms with Crippen molar-refractivity contribution in [3.63, 3.8) is 0 Å². The Morgan fingerprint density at radius 3 is 2.29 bits per heavy atom. The third kappa shape index (κ3) is 4.17. The molecule has 0 saturated carbocycles. The largest absolute Gasteiger partial charge is 0.490 e. The van der Waals surface area contributed by atoms with Gasteiger partial charge in [-0.1, -0.05) is 12.1 Å². The van der Waals surface area contributed by atoms with Gasteiger partial charge in [-0.05, 0) is 45.0 Å². The molecule has 3 rings (SSSR count). The zero-order valence-electron chi connectivity index (χ0n) is 16.3. The number of rotatable bonds is 8. The molecule has 0 saturated heterocycles. The van der Waals surface area contributed by atoms with Crippen LogP contribution in [0.1, 0.15) is 31.1 Å². The summed E-state index contributed by atoms with van der Waals surface area (Å²) in [7, 11) is 0. The summed E-state index contributed by atoms with van der Waals surface area (Å²) in [5.74, 6) is 1.23. The van der Waals surface area contributed by atoms with Gasteiger partial charge in [0.2, 0.25) is 5.75 Å². The summed E-state index contributed by atoms with van der Waals surface area (Å²) in [5, 5.41) is 4.85. The van der Waals surface area contributed by atoms with Crippen LogP contribution in [0.3, 0.4) is 0 Å². The van der Waals surface area contributed by atoms with Gasteiger partial charge in [0.25, 0.3) is 5.91 Å². The molecule has 1 amide bonds. The quantitative estimate of drug-likeness (QED) is 0.614. The van der Waals surface area contributed by atoms with E-state index in [0.29, 0.717) is 42.6 Å². The predicted molar refractivity (Wildman–Crippen MR) is 110 cm³/mol. The maximum atomic E-state index is 13.0. The Kier molecular flexibility index (Phi) is 6.32. The fourth-order valence-corrected chi connectivity index (χ4v) is 2.95. The van der Waals surface area contributed by atoms with Crippen molar-refractivity contribution in [2.45, 2.75) is 20.8 Å². The molecule has 6 heteroatoms. The molecule has 2 aromatic carbocycles. The first-order valence-corrected chi connectivity index (χ1v) is 9.38. The van der Waals surface area contributed by atoms with Crippen LogP contribution >= 0.6 is 0 Å². The van der Waals surface area contributed by atoms with Crippen LogP contribution in [0.2, 0.25) is 0 Å². The van der Waals surface area contributed by atoms with Crippen LogP contribution in [0.5, 0.6) is 17.2 Å². The highest BCUT2D eigenvalue weighted by atomic mass is 16.5. The molecule has 0 aliphatic rings. The summed E-state index contributed by atoms with van der Waals surface area (Å²) in [4.78, 5) is 17.1. The number of hydrogen-bond donors (Lipinski definition) is 1. The fraction of sp³-hybridized carbons (Fsp3) is 0.273. The third-order valence-electron chi connectivity index (χ3n) is 4.10. The highest BCUT2D eigenvalue weighted by Gasteiger charge is 2.19. The summed E-state index contributed by atoms with van der Waals surface area (Å²) in [6, 6.07) is 10.9. The van der Waals surface area contributed by atoms with Crippen molar-refractivity contribution in [3.8, 4) is 17.2 Å². The molecule has 28 heavy (non-hydrogen) atoms. The van der Waals surface area contributed by atoms with E-state index in [2.05, 4.69) is 10.3 Å². The van der Waals surface area contributed by atoms with Gasteiger partial charge in [0.1, 0.15) is 0 Å². The molecule has 0 aliphatic heterocycles. The number of carbonyl (C=O) groups is 1. The minimum Gasteiger partial charge on any atom is -0.490 e. The Morgan fingerprint density at radius 2 is 1.64 bits per heavy atom. The first-order chi connectivity index (χ1) is 13.7. The van der Waals surface area contributed by atoms with Crippen LogP contribution in [0, 0.1) is 0 Å². The molecule has 0 fully saturated rings. The monoisotopic (exact) mass is 380 g/mol. The van der Waals surface area contributed by atoms with Crippen molar-refractivity contribution >= 4 is 22.4 Å². The smallest absolute Gasteiger partial charge is 0.255 e. The zero-order valence-corrected chi connectivity index (χ0v) is 16.3. The minimum absolute atomic E-state index is 0.255. The molecule has 0 aliphatic carbocycles. The van der Waals surface area contributed by atoms with Crippen LogP contribution in [0.25, 0.3) is 10.8 Å². The van der Waals surface area contributed by atoms with Gasteiger partial charge < -0.3 is 19.5 Å². The number of aromatic nitrogens is 1. The first kappa shape index (κ1) is 19.5. The summed E-state index contributed by atoms with van der Waals surface area (Å²) in [6.45, 7) is 7.02. The molecular formula is C22H24N2O4. The topological polar surface area (TPSA) is 69.7 Å². The summed E-state index contributed by atoms with van der Waals surface area (Å²) in [5.41, 5.74) is 1.15. The SMILES string of the molecule is CCOc1cc(C(=O)Nc2cccc3cnccc23)cc(OCC)c1OCC. The van der Waals surface area contributed by atoms with E-state index in [1.54, 1.807) is 24.5 Å². The predicted octanol–water partition coefficient (Wildman–Crippen LogP) is 4.68. The normalized spacial score (nSPS) is 10.5. The second kappa shape index (κ2) is 9.08. The number of pyridine rings is 1. The maximum absolute atomic E-state index is 13.0. The number of carbonyl (C=O) groups excluding carboxylic acids is 1. The molecule has 0 unspecified atom stereocenters. The van der Waals surface area contributed by atoms with E-state index >= 15 is 0 Å². The molecule has 0 atom stereocenters. The number of benzene rings is 2. The van der Waals surface area contributed by atoms with Crippen LogP contribution in [-0.2, 0) is 0 Å². The highest BCUT2D eigenvalue weighted by molar-refractivity contribution is 6.09. The molecule has 1 N–H and O–H groups in total. The molecule has 6 nitrogen and oxygen atoms in total. The van der Waals surface area contributed by atoms with Crippen molar-refractivity contribution in [1.29, 1.82) is 0 Å². The minimum atomic E-state index is -0.255. The molecule has 3 aromatic rings. The van der Waals surface area contributed by atoms with Gasteiger partial charge in [0.15, 0.2) is 11.5 Å². The average Bonchev–Trinajstić information content (AvgIpc) is 2.71. The molecule has 1 heterocycles. The standard InChI is InChI=1S/C22H24N2O4/c1-4-26-19-12-16(13-20(27-5-2)21(19)28-6-3)22(25)24-18-9-7-8-15-14-23-11-10-17(15)18/h7-14H,4-6H2,1-3H3,(H,24,25). The summed E-state index contributed by atoms with van der Waals surface area (Å²) >= 11 is 0. The lowest BCUT2D eigenvalue weighted by atomic mass is 10.1. The number of amides is 1. The Labute approximate surface area is 164 Å². The van der Waals surface area contributed by atoms with Crippen molar-refractivity contribution in [2.24, 2.45) is 0 Å². The second-order valence-corrected chi connectivity index (χ2v) is 5.96. The van der Waals surface area contributed by atoms with Crippen LogP contribution in [0.4, 0.5) is 5.69 Å². The lowest BCUT2D eigenvalue weighted by Gasteiger charge is -2.17. The number of hydrogen-bond acceptors (Lipinski definition) is 5. The van der Waals surface area contributed by atoms with E-state index in [-0.39, 0.29) is 5.91 Å². The van der Waals surface area contributed by atoms with Crippen LogP contribution in [-0.4, -0.2) is 30.7 Å². The maximum Gasteiger partial charge on any atom is 0.255 e. The van der Waals surface area contributed by atoms with E-state index in [4.69, 9.17) is 14.2 Å². The van der Waals surface area contributed by atoms with Crippen molar-refractivity contribution < 1.29 is 19.0 Å². The van der Waals surface area contributed by atoms with E-state index in [1.165, 1.54) is 0 Å². The number of nitrogens with zero attached hydrogens (tertiary/aromatic N) is 1. The molecule has 0 radical (unpaired) electrons. The summed E-state index contributed by atoms with van der Waals surface area (Å²) in [6.07, 6.45) is 3.47. The number of nitrogens with one attached hydrogen (secondary N) is 1. The number of fused-ring (bicyclic) bond motifs is 1. The fourth-order valence-electron chi connectivity index (χ4n) is 2.95. The van der Waals surface area contributed by atoms with Gasteiger partial charge in [0, 0.05) is 34.4 Å². The van der Waals surface area contributed by atoms with Crippen molar-refractivity contribution in [1.82, 2.24) is 4.98 Å². The molecule has 0 spiro atoms. The van der Waals surface area contributed by atoms with Gasteiger partial charge >= 0.3 is 0 Å². The lowest BCUT2D eigenvalue weighted by molar-refractivity contribution is 0.102. The van der Waals surface area contributed by atoms with Gasteiger partial charge in [-0.2, -0.15) is 0 Å². The Morgan fingerprint density at radius 1 is 0.964 bits per heavy atom. The van der Waals surface area contributed by atoms with Crippen molar-refractivity contribution in [2.75, 3.05) is 25.1 Å². The first-order valence-electron chi connectivity index (χ1n) is 9.38. The van der Waals surface area contributed by atoms with Crippen LogP contribution in [0.15, 0.2) is 48.8 Å². The summed E-state index contributed by atoms with van der Waals surface area (Å²) < 4.78 is 17.1. The van der Waals surface area contributed by atoms with E-state index in [0.717, 1.165) is 16.5 Å². The number of ether oxygens (including phenoxy) is 3. The van der Waals surface area contributed by atoms with E-state index in [9.17, 15) is 4.79 Å². The van der Waals surface area contributed by atoms with Gasteiger partial charge in [-0.25, -0.2) is 0 Å². The molecular weight excluding hydrogens is 356 g/mol. The van der Waals surface area contributed by atoms with Crippen molar-refractivity contribution in [3.05, 3.63) is 54.4 Å². The molecule has 0 bridgehead atoms. The number of anilines is 1. The van der Waals surface area contributed by atoms with E-state index in [1.807, 2.05) is 45.0 Å². The van der Waals surface area contributed by atoms with Gasteiger partial charge in [-0.15, -0.1) is 0 Å². The third-order valence-corrected chi connectivity index (χ3v) is 4.10. The second-order valence-electron chi connectivity index (χ2n) is 5.96. The van der Waals surface area contributed by atoms with E-state index < -0.39 is 0 Å². The molecule has 1 aromatic heterocycles. The van der Waals surface area contributed by atoms with Gasteiger partial charge in [0.05, 0.1) is 19.8 Å². The molecule has 146 valence electrons. The Bertz CT molecular complexity index is 939. The Hall–Kier alpha value is -3.28. The average molecular weight is 380 g/mol. The highest BCUT2D eigenvalue weighted by Crippen LogP contribution is 2.39.